The molecule has 0 spiro atoms. The van der Waals surface area contributed by atoms with E-state index in [-0.39, 0.29) is 6.42 Å². The number of allylic oxidation sites excluding steroid dienone is 1. The molecular formula is C14H27NO8Si. The highest BCUT2D eigenvalue weighted by Crippen LogP contribution is 2.30. The zero-order chi connectivity index (χ0) is 18.7. The van der Waals surface area contributed by atoms with E-state index in [0.29, 0.717) is 0 Å². The maximum atomic E-state index is 11.5. The third-order valence-electron chi connectivity index (χ3n) is 3.96. The highest BCUT2D eigenvalue weighted by molar-refractivity contribution is 6.69. The fraction of sp³-hybridized carbons (Fsp3) is 0.857. The molecular weight excluding hydrogens is 338 g/mol. The van der Waals surface area contributed by atoms with Crippen LogP contribution < -0.4 is 0 Å². The van der Waals surface area contributed by atoms with E-state index in [1.54, 1.807) is 12.2 Å². The first-order valence-electron chi connectivity index (χ1n) is 7.80. The first-order valence-corrected chi connectivity index (χ1v) is 11.2. The zero-order valence-electron chi connectivity index (χ0n) is 14.0. The van der Waals surface area contributed by atoms with Crippen molar-refractivity contribution in [2.75, 3.05) is 6.61 Å². The van der Waals surface area contributed by atoms with Crippen LogP contribution in [0.3, 0.4) is 0 Å². The molecule has 7 atom stereocenters. The highest BCUT2D eigenvalue weighted by atomic mass is 28.4. The van der Waals surface area contributed by atoms with Crippen molar-refractivity contribution in [1.29, 1.82) is 0 Å². The molecule has 0 aromatic rings. The van der Waals surface area contributed by atoms with Gasteiger partial charge in [-0.05, 0) is 26.1 Å². The molecule has 9 nitrogen and oxygen atoms in total. The monoisotopic (exact) mass is 365 g/mol. The number of rotatable bonds is 8. The van der Waals surface area contributed by atoms with E-state index in [4.69, 9.17) is 9.53 Å². The van der Waals surface area contributed by atoms with Gasteiger partial charge in [0, 0.05) is 4.92 Å². The Hall–Kier alpha value is -0.883. The van der Waals surface area contributed by atoms with Crippen LogP contribution in [-0.4, -0.2) is 81.9 Å². The van der Waals surface area contributed by atoms with Gasteiger partial charge in [0.2, 0.25) is 6.04 Å². The second-order valence-corrected chi connectivity index (χ2v) is 11.5. The van der Waals surface area contributed by atoms with Crippen molar-refractivity contribution in [2.24, 2.45) is 5.92 Å². The standard InChI is InChI=1S/C14H27NO8Si/c1-24(2,3)23-10-6-4-5-8(11(10)15(21)22)12(18)14(20)13(19)9(17)7-16/h4,6,8-14,16-20H,5,7H2,1-3H3/t8-,9-,10+,11+,12?,13-,14-/m1/s1. The molecule has 0 heterocycles. The summed E-state index contributed by atoms with van der Waals surface area (Å²) in [5.41, 5.74) is 0. The van der Waals surface area contributed by atoms with E-state index in [1.807, 2.05) is 19.6 Å². The average Bonchev–Trinajstić information content (AvgIpc) is 2.49. The molecule has 0 aromatic carbocycles. The van der Waals surface area contributed by atoms with Crippen molar-refractivity contribution in [1.82, 2.24) is 0 Å². The second-order valence-electron chi connectivity index (χ2n) is 7.02. The number of aliphatic hydroxyl groups is 5. The van der Waals surface area contributed by atoms with Gasteiger partial charge in [0.15, 0.2) is 8.32 Å². The van der Waals surface area contributed by atoms with Crippen LogP contribution in [0.15, 0.2) is 12.2 Å². The molecule has 5 N–H and O–H groups in total. The first-order chi connectivity index (χ1) is 11.0. The number of hydrogen-bond donors (Lipinski definition) is 5. The van der Waals surface area contributed by atoms with Crippen LogP contribution >= 0.6 is 0 Å². The molecule has 10 heteroatoms. The molecule has 24 heavy (non-hydrogen) atoms. The maximum absolute atomic E-state index is 11.5. The number of nitrogens with zero attached hydrogens (tertiary/aromatic N) is 1. The minimum atomic E-state index is -2.09. The lowest BCUT2D eigenvalue weighted by Crippen LogP contribution is -2.55. The molecule has 1 aliphatic carbocycles. The second kappa shape index (κ2) is 8.47. The van der Waals surface area contributed by atoms with E-state index in [0.717, 1.165) is 0 Å². The molecule has 0 saturated heterocycles. The summed E-state index contributed by atoms with van der Waals surface area (Å²) in [4.78, 5) is 11.0. The van der Waals surface area contributed by atoms with Crippen LogP contribution in [0, 0.1) is 16.0 Å². The Morgan fingerprint density at radius 3 is 2.29 bits per heavy atom. The predicted molar refractivity (Wildman–Crippen MR) is 87.4 cm³/mol. The smallest absolute Gasteiger partial charge is 0.246 e. The minimum Gasteiger partial charge on any atom is -0.405 e. The summed E-state index contributed by atoms with van der Waals surface area (Å²) in [7, 11) is -2.09. The normalized spacial score (nSPS) is 29.8. The van der Waals surface area contributed by atoms with Gasteiger partial charge in [-0.25, -0.2) is 0 Å². The third kappa shape index (κ3) is 5.31. The SMILES string of the molecule is C[Si](C)(C)O[C@H]1C=CC[C@@H](C(O)[C@@H](O)[C@H](O)[C@H](O)CO)[C@@H]1[N+](=O)[O-]. The Bertz CT molecular complexity index is 455. The fourth-order valence-electron chi connectivity index (χ4n) is 2.79. The molecule has 0 aliphatic heterocycles. The van der Waals surface area contributed by atoms with Gasteiger partial charge in [-0.1, -0.05) is 12.2 Å². The lowest BCUT2D eigenvalue weighted by molar-refractivity contribution is -0.544. The molecule has 1 unspecified atom stereocenters. The van der Waals surface area contributed by atoms with E-state index in [9.17, 15) is 30.5 Å². The summed E-state index contributed by atoms with van der Waals surface area (Å²) < 4.78 is 5.81. The van der Waals surface area contributed by atoms with Crippen molar-refractivity contribution >= 4 is 8.32 Å². The van der Waals surface area contributed by atoms with E-state index in [1.165, 1.54) is 0 Å². The number of nitro groups is 1. The zero-order valence-corrected chi connectivity index (χ0v) is 15.0. The average molecular weight is 365 g/mol. The Morgan fingerprint density at radius 1 is 1.25 bits per heavy atom. The van der Waals surface area contributed by atoms with Crippen LogP contribution in [0.1, 0.15) is 6.42 Å². The van der Waals surface area contributed by atoms with Gasteiger partial charge in [-0.3, -0.25) is 10.1 Å². The molecule has 1 aliphatic rings. The minimum absolute atomic E-state index is 0.122. The molecule has 0 saturated carbocycles. The lowest BCUT2D eigenvalue weighted by Gasteiger charge is -2.37. The van der Waals surface area contributed by atoms with Crippen molar-refractivity contribution < 1.29 is 34.9 Å². The topological polar surface area (TPSA) is 154 Å². The summed E-state index contributed by atoms with van der Waals surface area (Å²) in [5, 5.41) is 59.8. The van der Waals surface area contributed by atoms with Gasteiger partial charge in [0.05, 0.1) is 18.6 Å². The van der Waals surface area contributed by atoms with Crippen molar-refractivity contribution in [3.8, 4) is 0 Å². The summed E-state index contributed by atoms with van der Waals surface area (Å²) in [5.74, 6) is -0.998. The molecule has 0 bridgehead atoms. The van der Waals surface area contributed by atoms with Gasteiger partial charge in [0.1, 0.15) is 24.4 Å². The van der Waals surface area contributed by atoms with Gasteiger partial charge >= 0.3 is 0 Å². The van der Waals surface area contributed by atoms with Gasteiger partial charge in [0.25, 0.3) is 0 Å². The maximum Gasteiger partial charge on any atom is 0.246 e. The predicted octanol–water partition coefficient (Wildman–Crippen LogP) is -1.14. The van der Waals surface area contributed by atoms with E-state index < -0.39 is 62.3 Å². The number of aliphatic hydroxyl groups excluding tert-OH is 5. The summed E-state index contributed by atoms with van der Waals surface area (Å²) >= 11 is 0. The van der Waals surface area contributed by atoms with Crippen molar-refractivity contribution in [3.05, 3.63) is 22.3 Å². The summed E-state index contributed by atoms with van der Waals surface area (Å²) in [6.07, 6.45) is -4.46. The van der Waals surface area contributed by atoms with Crippen LogP contribution in [0.25, 0.3) is 0 Å². The largest absolute Gasteiger partial charge is 0.405 e. The van der Waals surface area contributed by atoms with Crippen LogP contribution in [0.4, 0.5) is 0 Å². The van der Waals surface area contributed by atoms with Crippen LogP contribution in [-0.2, 0) is 4.43 Å². The Balaban J connectivity index is 2.99. The highest BCUT2D eigenvalue weighted by Gasteiger charge is 2.48. The fourth-order valence-corrected chi connectivity index (χ4v) is 3.83. The molecule has 0 fully saturated rings. The number of hydrogen-bond acceptors (Lipinski definition) is 8. The Kier molecular flexibility index (Phi) is 7.47. The molecule has 0 aromatic heterocycles. The molecule has 140 valence electrons. The van der Waals surface area contributed by atoms with Crippen molar-refractivity contribution in [3.63, 3.8) is 0 Å². The quantitative estimate of drug-likeness (QED) is 0.157. The van der Waals surface area contributed by atoms with E-state index >= 15 is 0 Å². The van der Waals surface area contributed by atoms with Gasteiger partial charge in [-0.2, -0.15) is 0 Å². The summed E-state index contributed by atoms with van der Waals surface area (Å²) in [6.45, 7) is 4.84. The summed E-state index contributed by atoms with van der Waals surface area (Å²) in [6, 6.07) is -1.29. The van der Waals surface area contributed by atoms with Crippen LogP contribution in [0.5, 0.6) is 0 Å². The Labute approximate surface area is 141 Å². The van der Waals surface area contributed by atoms with Crippen molar-refractivity contribution in [2.45, 2.75) is 62.6 Å². The van der Waals surface area contributed by atoms with Crippen LogP contribution in [0.2, 0.25) is 19.6 Å². The third-order valence-corrected chi connectivity index (χ3v) is 4.94. The first kappa shape index (κ1) is 21.2. The Morgan fingerprint density at radius 2 is 1.83 bits per heavy atom. The van der Waals surface area contributed by atoms with Gasteiger partial charge < -0.3 is 30.0 Å². The van der Waals surface area contributed by atoms with E-state index in [2.05, 4.69) is 0 Å². The lowest BCUT2D eigenvalue weighted by atomic mass is 9.80. The van der Waals surface area contributed by atoms with Gasteiger partial charge in [-0.15, -0.1) is 0 Å². The molecule has 0 amide bonds. The molecule has 1 rings (SSSR count). The molecule has 0 radical (unpaired) electrons.